The Kier molecular flexibility index (Phi) is 12.6. The smallest absolute Gasteiger partial charge is 0.462 e. The summed E-state index contributed by atoms with van der Waals surface area (Å²) in [6.45, 7) is 1.36. The summed E-state index contributed by atoms with van der Waals surface area (Å²) in [7, 11) is -1.47. The van der Waals surface area contributed by atoms with Crippen molar-refractivity contribution in [3.63, 3.8) is 0 Å². The van der Waals surface area contributed by atoms with E-state index in [9.17, 15) is 0 Å². The number of hydrogen-bond donors (Lipinski definition) is 5. The van der Waals surface area contributed by atoms with E-state index in [1.165, 1.54) is 25.0 Å². The lowest BCUT2D eigenvalue weighted by molar-refractivity contribution is -0.0589. The highest BCUT2D eigenvalue weighted by Crippen LogP contribution is 2.53. The Labute approximate surface area is 373 Å². The molecule has 1 saturated heterocycles. The number of ether oxygens (including phenoxy) is 5. The molecule has 2 aromatic heterocycles. The molecule has 0 amide bonds. The molecule has 2 spiro atoms. The maximum absolute atomic E-state index is 8.51. The minimum atomic E-state index is -1.47. The van der Waals surface area contributed by atoms with Gasteiger partial charge in [0.25, 0.3) is 12.0 Å². The second-order valence-corrected chi connectivity index (χ2v) is 16.0. The molecule has 20 heteroatoms. The summed E-state index contributed by atoms with van der Waals surface area (Å²) in [6, 6.07) is 23.0. The second-order valence-electron chi connectivity index (χ2n) is 14.2. The van der Waals surface area contributed by atoms with Gasteiger partial charge in [0.1, 0.15) is 48.9 Å². The second kappa shape index (κ2) is 18.2. The fourth-order valence-corrected chi connectivity index (χ4v) is 7.96. The molecule has 316 valence electrons. The normalized spacial score (nSPS) is 20.5. The Morgan fingerprint density at radius 2 is 1.13 bits per heavy atom. The summed E-state index contributed by atoms with van der Waals surface area (Å²) in [5.41, 5.74) is 15.8. The number of halogens is 3. The minimum absolute atomic E-state index is 0.150. The summed E-state index contributed by atoms with van der Waals surface area (Å²) < 4.78 is 28.7. The van der Waals surface area contributed by atoms with E-state index in [0.29, 0.717) is 33.6 Å². The van der Waals surface area contributed by atoms with E-state index in [0.717, 1.165) is 68.8 Å². The van der Waals surface area contributed by atoms with Crippen molar-refractivity contribution in [1.82, 2.24) is 19.9 Å². The van der Waals surface area contributed by atoms with E-state index < -0.39 is 24.5 Å². The Hall–Kier alpha value is -5.86. The van der Waals surface area contributed by atoms with Crippen molar-refractivity contribution in [2.75, 3.05) is 19.8 Å². The zero-order chi connectivity index (χ0) is 43.4. The van der Waals surface area contributed by atoms with Gasteiger partial charge in [-0.3, -0.25) is 0 Å². The van der Waals surface area contributed by atoms with Crippen LogP contribution in [-0.4, -0.2) is 80.4 Å². The number of nitrogens with two attached hydrogens (primary N) is 2. The van der Waals surface area contributed by atoms with Crippen LogP contribution >= 0.6 is 39.1 Å². The summed E-state index contributed by atoms with van der Waals surface area (Å²) in [6.07, 6.45) is 10.4. The van der Waals surface area contributed by atoms with Crippen LogP contribution in [0.4, 0.5) is 0 Å². The number of aliphatic imine (C=N–C) groups is 2. The van der Waals surface area contributed by atoms with Crippen molar-refractivity contribution in [2.45, 2.75) is 30.2 Å². The Morgan fingerprint density at radius 1 is 0.645 bits per heavy atom. The molecule has 4 aromatic carbocycles. The first-order valence-electron chi connectivity index (χ1n) is 19.0. The lowest BCUT2D eigenvalue weighted by atomic mass is 9.80. The van der Waals surface area contributed by atoms with Crippen molar-refractivity contribution in [1.29, 1.82) is 0 Å². The molecular formula is C42H36BBrCl2N8O8. The molecule has 0 bridgehead atoms. The molecule has 3 unspecified atom stereocenters. The van der Waals surface area contributed by atoms with Gasteiger partial charge in [-0.05, 0) is 78.7 Å². The third kappa shape index (κ3) is 8.89. The van der Waals surface area contributed by atoms with Gasteiger partial charge in [-0.25, -0.2) is 29.9 Å². The number of fused-ring (bicyclic) bond motifs is 8. The highest BCUT2D eigenvalue weighted by molar-refractivity contribution is 9.10. The van der Waals surface area contributed by atoms with Crippen LogP contribution in [0.2, 0.25) is 10.0 Å². The van der Waals surface area contributed by atoms with Crippen LogP contribution in [0.5, 0.6) is 23.0 Å². The van der Waals surface area contributed by atoms with Gasteiger partial charge in [0.05, 0.1) is 0 Å². The molecule has 62 heavy (non-hydrogen) atoms. The molecule has 6 aromatic rings. The van der Waals surface area contributed by atoms with Gasteiger partial charge in [-0.15, -0.1) is 0 Å². The largest absolute Gasteiger partial charge is 0.491 e. The average Bonchev–Trinajstić information content (AvgIpc) is 4.04. The van der Waals surface area contributed by atoms with Gasteiger partial charge < -0.3 is 50.3 Å². The first kappa shape index (κ1) is 42.8. The van der Waals surface area contributed by atoms with Crippen molar-refractivity contribution in [3.8, 4) is 34.1 Å². The van der Waals surface area contributed by atoms with Crippen LogP contribution in [0, 0.1) is 0 Å². The van der Waals surface area contributed by atoms with Gasteiger partial charge in [-0.2, -0.15) is 0 Å². The molecule has 0 radical (unpaired) electrons. The molecule has 0 saturated carbocycles. The van der Waals surface area contributed by atoms with Gasteiger partial charge in [0.2, 0.25) is 0 Å². The molecular weight excluding hydrogens is 906 g/mol. The van der Waals surface area contributed by atoms with Gasteiger partial charge >= 0.3 is 7.12 Å². The molecule has 5 aliphatic heterocycles. The maximum Gasteiger partial charge on any atom is 0.491 e. The Bertz CT molecular complexity index is 2600. The van der Waals surface area contributed by atoms with Crippen molar-refractivity contribution >= 4 is 63.8 Å². The van der Waals surface area contributed by atoms with Crippen LogP contribution in [-0.2, 0) is 25.3 Å². The fourth-order valence-electron chi connectivity index (χ4n) is 7.26. The maximum atomic E-state index is 8.51. The molecule has 5 aliphatic rings. The van der Waals surface area contributed by atoms with E-state index in [2.05, 4.69) is 45.9 Å². The van der Waals surface area contributed by atoms with Crippen LogP contribution in [0.1, 0.15) is 35.1 Å². The minimum Gasteiger partial charge on any atom is -0.462 e. The van der Waals surface area contributed by atoms with E-state index >= 15 is 0 Å². The van der Waals surface area contributed by atoms with Gasteiger partial charge in [0.15, 0.2) is 17.4 Å². The number of benzene rings is 4. The topological polar surface area (TPSA) is 235 Å². The van der Waals surface area contributed by atoms with Crippen molar-refractivity contribution in [3.05, 3.63) is 147 Å². The SMILES string of the molecule is NC1=NC2(CO1)c1cc(Cl)ccc1Oc1ccc(-c3cncnc3)cc12.NC1=NC2(CO1)c1cc(Cl)ccc1Oc1ccc(Br)cc12.OB(O)c1cncnc1.OC1CCCO1. The number of hydrogen-bond acceptors (Lipinski definition) is 16. The van der Waals surface area contributed by atoms with Crippen molar-refractivity contribution in [2.24, 2.45) is 21.5 Å². The zero-order valence-electron chi connectivity index (χ0n) is 32.4. The Balaban J connectivity index is 0.000000130. The van der Waals surface area contributed by atoms with E-state index in [1.807, 2.05) is 60.7 Å². The molecule has 0 aliphatic carbocycles. The summed E-state index contributed by atoms with van der Waals surface area (Å²) in [4.78, 5) is 24.5. The van der Waals surface area contributed by atoms with Gasteiger partial charge in [0, 0.05) is 85.6 Å². The lowest BCUT2D eigenvalue weighted by Crippen LogP contribution is -2.31. The first-order chi connectivity index (χ1) is 29.9. The van der Waals surface area contributed by atoms with Crippen LogP contribution in [0.3, 0.4) is 0 Å². The molecule has 1 fully saturated rings. The first-order valence-corrected chi connectivity index (χ1v) is 20.5. The van der Waals surface area contributed by atoms with E-state index in [-0.39, 0.29) is 18.7 Å². The Morgan fingerprint density at radius 3 is 1.56 bits per heavy atom. The number of aromatic nitrogens is 4. The summed E-state index contributed by atoms with van der Waals surface area (Å²) >= 11 is 15.9. The lowest BCUT2D eigenvalue weighted by Gasteiger charge is -2.33. The van der Waals surface area contributed by atoms with Crippen molar-refractivity contribution < 1.29 is 38.8 Å². The van der Waals surface area contributed by atoms with Crippen LogP contribution in [0.15, 0.2) is 125 Å². The number of nitrogens with zero attached hydrogens (tertiary/aromatic N) is 6. The quantitative estimate of drug-likeness (QED) is 0.134. The monoisotopic (exact) mass is 940 g/mol. The predicted octanol–water partition coefficient (Wildman–Crippen LogP) is 5.56. The van der Waals surface area contributed by atoms with Gasteiger partial charge in [-0.1, -0.05) is 45.2 Å². The summed E-state index contributed by atoms with van der Waals surface area (Å²) in [5, 5.41) is 26.7. The number of aliphatic hydroxyl groups is 1. The predicted molar refractivity (Wildman–Crippen MR) is 234 cm³/mol. The molecule has 7 heterocycles. The van der Waals surface area contributed by atoms with E-state index in [4.69, 9.17) is 73.5 Å². The molecule has 16 nitrogen and oxygen atoms in total. The third-order valence-corrected chi connectivity index (χ3v) is 11.1. The molecule has 7 N–H and O–H groups in total. The van der Waals surface area contributed by atoms with Crippen LogP contribution in [0.25, 0.3) is 11.1 Å². The summed E-state index contributed by atoms with van der Waals surface area (Å²) in [5.74, 6) is 2.87. The number of amidine groups is 2. The highest BCUT2D eigenvalue weighted by Gasteiger charge is 2.48. The van der Waals surface area contributed by atoms with Crippen LogP contribution < -0.4 is 26.4 Å². The third-order valence-electron chi connectivity index (χ3n) is 10.2. The zero-order valence-corrected chi connectivity index (χ0v) is 35.5. The number of aliphatic hydroxyl groups excluding tert-OH is 1. The fraction of sp³-hybridized carbons (Fsp3) is 0.190. The average molecular weight is 942 g/mol. The molecule has 3 atom stereocenters. The highest BCUT2D eigenvalue weighted by atomic mass is 79.9. The standard InChI is InChI=1S/C19H13ClN4O2.C15H10BrClN2O2.C4H5BN2O2.C4H8O2/c20-13-2-4-17-15(6-13)19(9-25-18(21)24-19)14-5-11(1-3-16(14)26-17)12-7-22-10-23-8-12;16-8-1-3-12-10(5-8)15(7-20-14(18)19-15)11-6-9(17)2-4-13(11)21-12;8-5(9)4-1-6-3-7-2-4;5-4-2-1-3-6-4/h1-8,10H,9H2,(H2,21,24);1-6H,7H2,(H2,18,19);1-3,8-9H;4-5H,1-3H2. The molecule has 11 rings (SSSR count). The van der Waals surface area contributed by atoms with E-state index in [1.54, 1.807) is 24.5 Å². The number of rotatable bonds is 2.